The normalized spacial score (nSPS) is 10.5. The van der Waals surface area contributed by atoms with Gasteiger partial charge in [-0.2, -0.15) is 0 Å². The molecule has 2 nitrogen and oxygen atoms in total. The molecule has 104 valence electrons. The lowest BCUT2D eigenvalue weighted by atomic mass is 10.1. The number of hydrogen-bond donors (Lipinski definition) is 1. The predicted octanol–water partition coefficient (Wildman–Crippen LogP) is 5.12. The van der Waals surface area contributed by atoms with E-state index < -0.39 is 0 Å². The SMILES string of the molecule is C=C(CNc1cccc2cc(Br)cnc12)c1ccccc1. The van der Waals surface area contributed by atoms with Gasteiger partial charge in [0.15, 0.2) is 0 Å². The van der Waals surface area contributed by atoms with Gasteiger partial charge in [-0.3, -0.25) is 4.98 Å². The molecule has 1 heterocycles. The molecule has 2 aromatic carbocycles. The van der Waals surface area contributed by atoms with Crippen LogP contribution < -0.4 is 5.32 Å². The van der Waals surface area contributed by atoms with Crippen LogP contribution in [0.4, 0.5) is 5.69 Å². The first-order valence-corrected chi connectivity index (χ1v) is 7.55. The van der Waals surface area contributed by atoms with Crippen molar-refractivity contribution >= 4 is 38.1 Å². The molecule has 1 aromatic heterocycles. The molecule has 21 heavy (non-hydrogen) atoms. The number of nitrogens with one attached hydrogen (secondary N) is 1. The number of fused-ring (bicyclic) bond motifs is 1. The Hall–Kier alpha value is -2.13. The molecule has 3 aromatic rings. The lowest BCUT2D eigenvalue weighted by Gasteiger charge is -2.11. The molecule has 0 unspecified atom stereocenters. The number of anilines is 1. The first-order chi connectivity index (χ1) is 10.2. The summed E-state index contributed by atoms with van der Waals surface area (Å²) in [5.74, 6) is 0. The zero-order valence-corrected chi connectivity index (χ0v) is 13.1. The molecule has 0 aliphatic heterocycles. The van der Waals surface area contributed by atoms with E-state index in [0.29, 0.717) is 6.54 Å². The largest absolute Gasteiger partial charge is 0.379 e. The van der Waals surface area contributed by atoms with Crippen LogP contribution in [-0.4, -0.2) is 11.5 Å². The summed E-state index contributed by atoms with van der Waals surface area (Å²) in [4.78, 5) is 4.49. The molecule has 0 saturated carbocycles. The van der Waals surface area contributed by atoms with Gasteiger partial charge in [-0.1, -0.05) is 49.0 Å². The summed E-state index contributed by atoms with van der Waals surface area (Å²) in [5, 5.41) is 4.54. The molecule has 1 N–H and O–H groups in total. The molecule has 0 amide bonds. The van der Waals surface area contributed by atoms with Gasteiger partial charge in [-0.05, 0) is 39.2 Å². The van der Waals surface area contributed by atoms with E-state index in [2.05, 4.69) is 57.1 Å². The van der Waals surface area contributed by atoms with Crippen molar-refractivity contribution in [2.24, 2.45) is 0 Å². The number of aromatic nitrogens is 1. The average molecular weight is 339 g/mol. The maximum Gasteiger partial charge on any atom is 0.0934 e. The van der Waals surface area contributed by atoms with Gasteiger partial charge in [0.05, 0.1) is 11.2 Å². The van der Waals surface area contributed by atoms with Crippen molar-refractivity contribution in [1.82, 2.24) is 4.98 Å². The van der Waals surface area contributed by atoms with Crippen molar-refractivity contribution < 1.29 is 0 Å². The van der Waals surface area contributed by atoms with Gasteiger partial charge in [0.25, 0.3) is 0 Å². The highest BCUT2D eigenvalue weighted by atomic mass is 79.9. The van der Waals surface area contributed by atoms with Crippen molar-refractivity contribution in [2.75, 3.05) is 11.9 Å². The lowest BCUT2D eigenvalue weighted by molar-refractivity contribution is 1.32. The van der Waals surface area contributed by atoms with Crippen LogP contribution in [0.25, 0.3) is 16.5 Å². The molecule has 3 heteroatoms. The fourth-order valence-corrected chi connectivity index (χ4v) is 2.60. The molecule has 0 aliphatic rings. The van der Waals surface area contributed by atoms with Crippen LogP contribution in [0, 0.1) is 0 Å². The van der Waals surface area contributed by atoms with E-state index in [4.69, 9.17) is 0 Å². The second kappa shape index (κ2) is 6.10. The Morgan fingerprint density at radius 2 is 1.90 bits per heavy atom. The number of para-hydroxylation sites is 1. The number of benzene rings is 2. The summed E-state index contributed by atoms with van der Waals surface area (Å²) >= 11 is 3.45. The monoisotopic (exact) mass is 338 g/mol. The molecule has 0 aliphatic carbocycles. The summed E-state index contributed by atoms with van der Waals surface area (Å²) in [6, 6.07) is 18.4. The molecule has 0 fully saturated rings. The predicted molar refractivity (Wildman–Crippen MR) is 93.4 cm³/mol. The van der Waals surface area contributed by atoms with Gasteiger partial charge >= 0.3 is 0 Å². The molecule has 0 saturated heterocycles. The smallest absolute Gasteiger partial charge is 0.0934 e. The number of pyridine rings is 1. The van der Waals surface area contributed by atoms with Crippen LogP contribution in [0.1, 0.15) is 5.56 Å². The number of halogens is 1. The Bertz CT molecular complexity index is 782. The highest BCUT2D eigenvalue weighted by Crippen LogP contribution is 2.24. The summed E-state index contributed by atoms with van der Waals surface area (Å²) in [5.41, 5.74) is 4.21. The molecule has 0 atom stereocenters. The highest BCUT2D eigenvalue weighted by Gasteiger charge is 2.04. The Balaban J connectivity index is 1.81. The second-order valence-electron chi connectivity index (χ2n) is 4.85. The Morgan fingerprint density at radius 3 is 2.71 bits per heavy atom. The van der Waals surface area contributed by atoms with Gasteiger partial charge in [0, 0.05) is 22.6 Å². The summed E-state index contributed by atoms with van der Waals surface area (Å²) in [6.07, 6.45) is 1.82. The van der Waals surface area contributed by atoms with Crippen LogP contribution in [-0.2, 0) is 0 Å². The number of hydrogen-bond acceptors (Lipinski definition) is 2. The van der Waals surface area contributed by atoms with E-state index in [1.165, 1.54) is 0 Å². The van der Waals surface area contributed by atoms with Crippen molar-refractivity contribution in [3.8, 4) is 0 Å². The second-order valence-corrected chi connectivity index (χ2v) is 5.77. The first kappa shape index (κ1) is 13.8. The maximum atomic E-state index is 4.49. The van der Waals surface area contributed by atoms with Crippen LogP contribution in [0.3, 0.4) is 0 Å². The highest BCUT2D eigenvalue weighted by molar-refractivity contribution is 9.10. The Kier molecular flexibility index (Phi) is 4.02. The van der Waals surface area contributed by atoms with Crippen molar-refractivity contribution in [1.29, 1.82) is 0 Å². The Morgan fingerprint density at radius 1 is 1.10 bits per heavy atom. The van der Waals surface area contributed by atoms with E-state index in [-0.39, 0.29) is 0 Å². The summed E-state index contributed by atoms with van der Waals surface area (Å²) < 4.78 is 0.987. The van der Waals surface area contributed by atoms with E-state index in [1.807, 2.05) is 36.5 Å². The molecule has 0 radical (unpaired) electrons. The number of rotatable bonds is 4. The Labute approximate surface area is 132 Å². The van der Waals surface area contributed by atoms with Crippen molar-refractivity contribution in [2.45, 2.75) is 0 Å². The van der Waals surface area contributed by atoms with Crippen molar-refractivity contribution in [3.05, 3.63) is 77.4 Å². The topological polar surface area (TPSA) is 24.9 Å². The minimum absolute atomic E-state index is 0.695. The average Bonchev–Trinajstić information content (AvgIpc) is 2.53. The van der Waals surface area contributed by atoms with Crippen molar-refractivity contribution in [3.63, 3.8) is 0 Å². The van der Waals surface area contributed by atoms with Gasteiger partial charge in [0.2, 0.25) is 0 Å². The lowest BCUT2D eigenvalue weighted by Crippen LogP contribution is -2.04. The van der Waals surface area contributed by atoms with E-state index >= 15 is 0 Å². The zero-order chi connectivity index (χ0) is 14.7. The maximum absolute atomic E-state index is 4.49. The van der Waals surface area contributed by atoms with Gasteiger partial charge < -0.3 is 5.32 Å². The van der Waals surface area contributed by atoms with E-state index in [0.717, 1.165) is 32.2 Å². The van der Waals surface area contributed by atoms with Crippen LogP contribution >= 0.6 is 15.9 Å². The summed E-state index contributed by atoms with van der Waals surface area (Å²) in [7, 11) is 0. The zero-order valence-electron chi connectivity index (χ0n) is 11.5. The van der Waals surface area contributed by atoms with Crippen LogP contribution in [0.2, 0.25) is 0 Å². The summed E-state index contributed by atoms with van der Waals surface area (Å²) in [6.45, 7) is 4.84. The molecule has 0 spiro atoms. The minimum atomic E-state index is 0.695. The van der Waals surface area contributed by atoms with E-state index in [1.54, 1.807) is 0 Å². The van der Waals surface area contributed by atoms with Crippen LogP contribution in [0.5, 0.6) is 0 Å². The van der Waals surface area contributed by atoms with E-state index in [9.17, 15) is 0 Å². The van der Waals surface area contributed by atoms with Gasteiger partial charge in [-0.15, -0.1) is 0 Å². The molecular weight excluding hydrogens is 324 g/mol. The molecular formula is C18H15BrN2. The number of nitrogens with zero attached hydrogens (tertiary/aromatic N) is 1. The quantitative estimate of drug-likeness (QED) is 0.713. The minimum Gasteiger partial charge on any atom is -0.379 e. The van der Waals surface area contributed by atoms with Crippen LogP contribution in [0.15, 0.2) is 71.8 Å². The first-order valence-electron chi connectivity index (χ1n) is 6.75. The molecule has 0 bridgehead atoms. The fourth-order valence-electron chi connectivity index (χ4n) is 2.25. The third kappa shape index (κ3) is 3.14. The fraction of sp³-hybridized carbons (Fsp3) is 0.0556. The standard InChI is InChI=1S/C18H15BrN2/c1-13(14-6-3-2-4-7-14)11-20-17-9-5-8-15-10-16(19)12-21-18(15)17/h2-10,12,20H,1,11H2. The van der Waals surface area contributed by atoms with Gasteiger partial charge in [-0.25, -0.2) is 0 Å². The molecule has 3 rings (SSSR count). The third-order valence-electron chi connectivity index (χ3n) is 3.35. The van der Waals surface area contributed by atoms with Gasteiger partial charge in [0.1, 0.15) is 0 Å². The third-order valence-corrected chi connectivity index (χ3v) is 3.79.